The van der Waals surface area contributed by atoms with Gasteiger partial charge in [-0.15, -0.1) is 0 Å². The third kappa shape index (κ3) is 2.61. The molecule has 0 atom stereocenters. The largest absolute Gasteiger partial charge is 0.349 e. The maximum atomic E-state index is 13.9. The van der Waals surface area contributed by atoms with Crippen LogP contribution in [0.15, 0.2) is 36.5 Å². The van der Waals surface area contributed by atoms with Gasteiger partial charge in [0.1, 0.15) is 11.5 Å². The van der Waals surface area contributed by atoms with Gasteiger partial charge in [0.15, 0.2) is 0 Å². The number of nitrogens with zero attached hydrogens (tertiary/aromatic N) is 3. The van der Waals surface area contributed by atoms with Gasteiger partial charge in [-0.25, -0.2) is 14.4 Å². The second-order valence-electron chi connectivity index (χ2n) is 6.21. The highest BCUT2D eigenvalue weighted by molar-refractivity contribution is 5.97. The van der Waals surface area contributed by atoms with Crippen molar-refractivity contribution in [3.63, 3.8) is 0 Å². The molecule has 7 heteroatoms. The first kappa shape index (κ1) is 16.3. The van der Waals surface area contributed by atoms with Crippen molar-refractivity contribution in [2.45, 2.75) is 20.4 Å². The van der Waals surface area contributed by atoms with Crippen LogP contribution in [0.1, 0.15) is 21.7 Å². The molecule has 1 aromatic carbocycles. The highest BCUT2D eigenvalue weighted by Crippen LogP contribution is 2.32. The minimum atomic E-state index is -0.370. The first-order chi connectivity index (χ1) is 12.6. The second-order valence-corrected chi connectivity index (χ2v) is 6.21. The molecule has 1 aliphatic rings. The van der Waals surface area contributed by atoms with Gasteiger partial charge in [-0.1, -0.05) is 12.1 Å². The van der Waals surface area contributed by atoms with Crippen LogP contribution in [0, 0.1) is 19.7 Å². The number of anilines is 2. The van der Waals surface area contributed by atoms with Crippen molar-refractivity contribution in [1.29, 1.82) is 0 Å². The van der Waals surface area contributed by atoms with Crippen molar-refractivity contribution in [1.82, 2.24) is 19.9 Å². The maximum absolute atomic E-state index is 13.9. The van der Waals surface area contributed by atoms with Gasteiger partial charge in [-0.3, -0.25) is 4.79 Å². The van der Waals surface area contributed by atoms with E-state index in [4.69, 9.17) is 0 Å². The van der Waals surface area contributed by atoms with E-state index in [0.717, 1.165) is 23.4 Å². The standard InChI is InChI=1S/C19H18FN5O/c1-11-16(12(2)25-10-9-21-18(26)17(11)25)15-7-8-22-19(24-15)23-14-6-4-3-5-13(14)20/h3-8H,9-10H2,1-2H3,(H,21,26)(H,22,23,24). The summed E-state index contributed by atoms with van der Waals surface area (Å²) in [6.07, 6.45) is 1.63. The summed E-state index contributed by atoms with van der Waals surface area (Å²) in [6.45, 7) is 5.25. The lowest BCUT2D eigenvalue weighted by Crippen LogP contribution is -2.35. The molecule has 0 aliphatic carbocycles. The van der Waals surface area contributed by atoms with E-state index in [1.807, 2.05) is 18.4 Å². The molecule has 1 aliphatic heterocycles. The molecule has 0 spiro atoms. The Morgan fingerprint density at radius 3 is 2.81 bits per heavy atom. The lowest BCUT2D eigenvalue weighted by Gasteiger charge is -2.17. The van der Waals surface area contributed by atoms with Crippen LogP contribution in [0.4, 0.5) is 16.0 Å². The fourth-order valence-electron chi connectivity index (χ4n) is 3.45. The Kier molecular flexibility index (Phi) is 3.91. The van der Waals surface area contributed by atoms with E-state index in [0.29, 0.717) is 29.6 Å². The molecule has 2 N–H and O–H groups in total. The molecule has 0 fully saturated rings. The number of benzene rings is 1. The third-order valence-corrected chi connectivity index (χ3v) is 4.63. The Morgan fingerprint density at radius 1 is 1.23 bits per heavy atom. The summed E-state index contributed by atoms with van der Waals surface area (Å²) >= 11 is 0. The molecule has 1 amide bonds. The van der Waals surface area contributed by atoms with Crippen molar-refractivity contribution in [2.24, 2.45) is 0 Å². The number of halogens is 1. The number of hydrogen-bond donors (Lipinski definition) is 2. The summed E-state index contributed by atoms with van der Waals surface area (Å²) in [5.41, 5.74) is 4.47. The zero-order chi connectivity index (χ0) is 18.3. The molecule has 3 aromatic rings. The zero-order valence-electron chi connectivity index (χ0n) is 14.5. The van der Waals surface area contributed by atoms with Crippen molar-refractivity contribution in [3.8, 4) is 11.3 Å². The smallest absolute Gasteiger partial charge is 0.268 e. The Morgan fingerprint density at radius 2 is 2.04 bits per heavy atom. The number of rotatable bonds is 3. The molecule has 0 saturated heterocycles. The number of para-hydroxylation sites is 1. The van der Waals surface area contributed by atoms with E-state index in [9.17, 15) is 9.18 Å². The first-order valence-electron chi connectivity index (χ1n) is 8.39. The average molecular weight is 351 g/mol. The Hall–Kier alpha value is -3.22. The lowest BCUT2D eigenvalue weighted by molar-refractivity contribution is 0.0926. The van der Waals surface area contributed by atoms with Gasteiger partial charge in [0, 0.05) is 30.5 Å². The van der Waals surface area contributed by atoms with Crippen LogP contribution in [-0.4, -0.2) is 27.0 Å². The fourth-order valence-corrected chi connectivity index (χ4v) is 3.45. The number of carbonyl (C=O) groups excluding carboxylic acids is 1. The Bertz CT molecular complexity index is 1010. The quantitative estimate of drug-likeness (QED) is 0.760. The summed E-state index contributed by atoms with van der Waals surface area (Å²) in [5.74, 6) is -0.133. The number of hydrogen-bond acceptors (Lipinski definition) is 4. The highest BCUT2D eigenvalue weighted by atomic mass is 19.1. The Balaban J connectivity index is 1.76. The SMILES string of the molecule is Cc1c(-c2ccnc(Nc3ccccc3F)n2)c(C)n2c1C(=O)NCC2. The third-order valence-electron chi connectivity index (χ3n) is 4.63. The minimum absolute atomic E-state index is 0.0677. The molecule has 3 heterocycles. The van der Waals surface area contributed by atoms with Crippen molar-refractivity contribution in [2.75, 3.05) is 11.9 Å². The molecule has 0 unspecified atom stereocenters. The number of fused-ring (bicyclic) bond motifs is 1. The summed E-state index contributed by atoms with van der Waals surface area (Å²) in [4.78, 5) is 20.9. The van der Waals surface area contributed by atoms with Gasteiger partial charge in [-0.2, -0.15) is 0 Å². The van der Waals surface area contributed by atoms with E-state index in [1.165, 1.54) is 6.07 Å². The Labute approximate surface area is 150 Å². The number of nitrogens with one attached hydrogen (secondary N) is 2. The average Bonchev–Trinajstić information content (AvgIpc) is 2.89. The fraction of sp³-hybridized carbons (Fsp3) is 0.211. The first-order valence-corrected chi connectivity index (χ1v) is 8.39. The monoisotopic (exact) mass is 351 g/mol. The highest BCUT2D eigenvalue weighted by Gasteiger charge is 2.26. The van der Waals surface area contributed by atoms with E-state index in [-0.39, 0.29) is 11.7 Å². The second kappa shape index (κ2) is 6.25. The summed E-state index contributed by atoms with van der Waals surface area (Å²) < 4.78 is 15.9. The van der Waals surface area contributed by atoms with E-state index in [2.05, 4.69) is 20.6 Å². The van der Waals surface area contributed by atoms with E-state index < -0.39 is 0 Å². The molecule has 6 nitrogen and oxygen atoms in total. The van der Waals surface area contributed by atoms with Gasteiger partial charge in [0.2, 0.25) is 5.95 Å². The van der Waals surface area contributed by atoms with Crippen LogP contribution in [-0.2, 0) is 6.54 Å². The molecule has 26 heavy (non-hydrogen) atoms. The van der Waals surface area contributed by atoms with E-state index in [1.54, 1.807) is 30.5 Å². The summed E-state index contributed by atoms with van der Waals surface area (Å²) in [7, 11) is 0. The summed E-state index contributed by atoms with van der Waals surface area (Å²) in [6, 6.07) is 8.17. The van der Waals surface area contributed by atoms with Gasteiger partial charge in [-0.05, 0) is 37.6 Å². The maximum Gasteiger partial charge on any atom is 0.268 e. The molecule has 132 valence electrons. The van der Waals surface area contributed by atoms with Crippen molar-refractivity contribution in [3.05, 3.63) is 59.3 Å². The molecule has 0 saturated carbocycles. The molecule has 2 aromatic heterocycles. The molecular weight excluding hydrogens is 333 g/mol. The van der Waals surface area contributed by atoms with Gasteiger partial charge in [0.25, 0.3) is 5.91 Å². The van der Waals surface area contributed by atoms with Crippen molar-refractivity contribution < 1.29 is 9.18 Å². The van der Waals surface area contributed by atoms with Crippen LogP contribution in [0.5, 0.6) is 0 Å². The van der Waals surface area contributed by atoms with Crippen LogP contribution >= 0.6 is 0 Å². The predicted molar refractivity (Wildman–Crippen MR) is 96.9 cm³/mol. The number of aromatic nitrogens is 3. The van der Waals surface area contributed by atoms with Gasteiger partial charge in [0.05, 0.1) is 11.4 Å². The lowest BCUT2D eigenvalue weighted by atomic mass is 10.1. The number of amides is 1. The van der Waals surface area contributed by atoms with Crippen LogP contribution < -0.4 is 10.6 Å². The topological polar surface area (TPSA) is 71.8 Å². The minimum Gasteiger partial charge on any atom is -0.349 e. The van der Waals surface area contributed by atoms with Crippen LogP contribution in [0.3, 0.4) is 0 Å². The van der Waals surface area contributed by atoms with Gasteiger partial charge < -0.3 is 15.2 Å². The van der Waals surface area contributed by atoms with Crippen LogP contribution in [0.25, 0.3) is 11.3 Å². The molecule has 4 rings (SSSR count). The number of carbonyl (C=O) groups is 1. The molecule has 0 radical (unpaired) electrons. The molecular formula is C19H18FN5O. The zero-order valence-corrected chi connectivity index (χ0v) is 14.5. The van der Waals surface area contributed by atoms with Crippen LogP contribution in [0.2, 0.25) is 0 Å². The van der Waals surface area contributed by atoms with Crippen molar-refractivity contribution >= 4 is 17.5 Å². The predicted octanol–water partition coefficient (Wildman–Crippen LogP) is 3.19. The molecule has 0 bridgehead atoms. The normalized spacial score (nSPS) is 13.3. The summed E-state index contributed by atoms with van der Waals surface area (Å²) in [5, 5.41) is 5.78. The van der Waals surface area contributed by atoms with E-state index >= 15 is 0 Å². The van der Waals surface area contributed by atoms with Gasteiger partial charge >= 0.3 is 0 Å².